The van der Waals surface area contributed by atoms with Gasteiger partial charge in [0, 0.05) is 51.4 Å². The van der Waals surface area contributed by atoms with Crippen molar-refractivity contribution in [3.8, 4) is 11.5 Å². The zero-order chi connectivity index (χ0) is 23.0. The van der Waals surface area contributed by atoms with Crippen molar-refractivity contribution in [2.75, 3.05) is 52.4 Å². The Morgan fingerprint density at radius 2 is 1.52 bits per heavy atom. The first kappa shape index (κ1) is 23.7. The molecule has 2 fully saturated rings. The summed E-state index contributed by atoms with van der Waals surface area (Å²) in [6, 6.07) is 6.05. The van der Waals surface area contributed by atoms with Gasteiger partial charge in [-0.15, -0.1) is 0 Å². The lowest BCUT2D eigenvalue weighted by Gasteiger charge is -2.34. The summed E-state index contributed by atoms with van der Waals surface area (Å²) >= 11 is 0. The van der Waals surface area contributed by atoms with Crippen molar-refractivity contribution < 1.29 is 18.7 Å². The molecule has 2 saturated heterocycles. The highest BCUT2D eigenvalue weighted by atomic mass is 19.1. The molecule has 0 saturated carbocycles. The topological polar surface area (TPSA) is 69.4 Å². The third-order valence-corrected chi connectivity index (χ3v) is 6.57. The molecule has 4 rings (SSSR count). The number of halogens is 1. The lowest BCUT2D eigenvalue weighted by molar-refractivity contribution is 0.111. The summed E-state index contributed by atoms with van der Waals surface area (Å²) in [5, 5.41) is 10.8. The van der Waals surface area contributed by atoms with Gasteiger partial charge in [0.05, 0.1) is 5.56 Å². The van der Waals surface area contributed by atoms with Crippen LogP contribution in [0.3, 0.4) is 0 Å². The van der Waals surface area contributed by atoms with Crippen molar-refractivity contribution in [2.24, 2.45) is 0 Å². The van der Waals surface area contributed by atoms with E-state index in [0.29, 0.717) is 36.6 Å². The summed E-state index contributed by atoms with van der Waals surface area (Å²) in [4.78, 5) is 19.2. The smallest absolute Gasteiger partial charge is 0.343 e. The average molecular weight is 460 g/mol. The molecular formula is C25H34FN3O4. The Morgan fingerprint density at radius 1 is 0.879 bits per heavy atom. The molecule has 180 valence electrons. The van der Waals surface area contributed by atoms with E-state index in [1.54, 1.807) is 12.1 Å². The number of rotatable bonds is 8. The predicted octanol–water partition coefficient (Wildman–Crippen LogP) is 3.06. The van der Waals surface area contributed by atoms with Gasteiger partial charge in [-0.2, -0.15) is 0 Å². The van der Waals surface area contributed by atoms with Gasteiger partial charge in [-0.1, -0.05) is 12.8 Å². The van der Waals surface area contributed by atoms with E-state index in [1.807, 2.05) is 0 Å². The minimum Gasteiger partial charge on any atom is -0.507 e. The van der Waals surface area contributed by atoms with Crippen LogP contribution in [-0.4, -0.2) is 72.2 Å². The standard InChI is InChI=1S/C25H34FN3O4/c26-21-5-7-22(8-6-21)32-16-15-27-11-13-29(14-12-27)18-23-24(30)20(19-33-25(23)31)17-28-9-3-1-2-4-10-28/h5-8,19,30H,1-4,9-18H2. The van der Waals surface area contributed by atoms with Gasteiger partial charge in [0.25, 0.3) is 0 Å². The fourth-order valence-electron chi connectivity index (χ4n) is 4.55. The number of ether oxygens (including phenoxy) is 1. The van der Waals surface area contributed by atoms with Crippen LogP contribution in [0.25, 0.3) is 0 Å². The van der Waals surface area contributed by atoms with E-state index in [2.05, 4.69) is 14.7 Å². The Kier molecular flexibility index (Phi) is 8.36. The highest BCUT2D eigenvalue weighted by molar-refractivity contribution is 5.36. The van der Waals surface area contributed by atoms with Gasteiger partial charge in [-0.3, -0.25) is 14.7 Å². The zero-order valence-electron chi connectivity index (χ0n) is 19.2. The number of hydrogen-bond donors (Lipinski definition) is 1. The van der Waals surface area contributed by atoms with Crippen LogP contribution < -0.4 is 10.4 Å². The summed E-state index contributed by atoms with van der Waals surface area (Å²) in [6.45, 7) is 7.66. The molecule has 1 aromatic heterocycles. The van der Waals surface area contributed by atoms with Crippen LogP contribution in [0.15, 0.2) is 39.7 Å². The number of nitrogens with zero attached hydrogens (tertiary/aromatic N) is 3. The van der Waals surface area contributed by atoms with Crippen LogP contribution in [0.4, 0.5) is 4.39 Å². The molecule has 3 heterocycles. The van der Waals surface area contributed by atoms with Crippen molar-refractivity contribution in [2.45, 2.75) is 38.8 Å². The average Bonchev–Trinajstić information content (AvgIpc) is 3.09. The van der Waals surface area contributed by atoms with Crippen LogP contribution in [0.2, 0.25) is 0 Å². The molecule has 0 amide bonds. The van der Waals surface area contributed by atoms with Gasteiger partial charge in [0.15, 0.2) is 0 Å². The SMILES string of the molecule is O=c1occ(CN2CCCCCC2)c(O)c1CN1CCN(CCOc2ccc(F)cc2)CC1. The molecule has 0 spiro atoms. The molecular weight excluding hydrogens is 425 g/mol. The molecule has 7 nitrogen and oxygen atoms in total. The third-order valence-electron chi connectivity index (χ3n) is 6.57. The summed E-state index contributed by atoms with van der Waals surface area (Å²) in [6.07, 6.45) is 6.27. The Morgan fingerprint density at radius 3 is 2.21 bits per heavy atom. The van der Waals surface area contributed by atoms with Crippen molar-refractivity contribution in [1.82, 2.24) is 14.7 Å². The fourth-order valence-corrected chi connectivity index (χ4v) is 4.55. The fraction of sp³-hybridized carbons (Fsp3) is 0.560. The maximum absolute atomic E-state index is 13.0. The lowest BCUT2D eigenvalue weighted by Crippen LogP contribution is -2.47. The van der Waals surface area contributed by atoms with E-state index in [9.17, 15) is 14.3 Å². The molecule has 1 N–H and O–H groups in total. The molecule has 0 unspecified atom stereocenters. The van der Waals surface area contributed by atoms with Gasteiger partial charge in [0.1, 0.15) is 30.2 Å². The van der Waals surface area contributed by atoms with E-state index in [1.165, 1.54) is 44.1 Å². The van der Waals surface area contributed by atoms with E-state index in [4.69, 9.17) is 9.15 Å². The van der Waals surface area contributed by atoms with Gasteiger partial charge >= 0.3 is 5.63 Å². The molecule has 0 aliphatic carbocycles. The minimum absolute atomic E-state index is 0.0885. The molecule has 2 aliphatic heterocycles. The minimum atomic E-state index is -0.456. The monoisotopic (exact) mass is 459 g/mol. The van der Waals surface area contributed by atoms with Gasteiger partial charge in [-0.25, -0.2) is 9.18 Å². The van der Waals surface area contributed by atoms with Crippen LogP contribution in [0, 0.1) is 5.82 Å². The lowest BCUT2D eigenvalue weighted by atomic mass is 10.1. The van der Waals surface area contributed by atoms with E-state index in [0.717, 1.165) is 45.8 Å². The number of hydrogen-bond acceptors (Lipinski definition) is 7. The first-order valence-corrected chi connectivity index (χ1v) is 12.0. The molecule has 8 heteroatoms. The molecule has 2 aromatic rings. The summed E-state index contributed by atoms with van der Waals surface area (Å²) in [7, 11) is 0. The van der Waals surface area contributed by atoms with Gasteiger partial charge in [-0.05, 0) is 50.2 Å². The Labute approximate surface area is 194 Å². The highest BCUT2D eigenvalue weighted by Crippen LogP contribution is 2.24. The highest BCUT2D eigenvalue weighted by Gasteiger charge is 2.22. The van der Waals surface area contributed by atoms with E-state index in [-0.39, 0.29) is 11.6 Å². The number of likely N-dealkylation sites (tertiary alicyclic amines) is 1. The first-order chi connectivity index (χ1) is 16.1. The maximum atomic E-state index is 13.0. The van der Waals surface area contributed by atoms with Crippen LogP contribution in [0.1, 0.15) is 36.8 Å². The first-order valence-electron chi connectivity index (χ1n) is 12.0. The Bertz CT molecular complexity index is 934. The molecule has 0 radical (unpaired) electrons. The summed E-state index contributed by atoms with van der Waals surface area (Å²) in [5.74, 6) is 0.481. The zero-order valence-corrected chi connectivity index (χ0v) is 19.2. The molecule has 1 aromatic carbocycles. The summed E-state index contributed by atoms with van der Waals surface area (Å²) in [5.41, 5.74) is 0.598. The largest absolute Gasteiger partial charge is 0.507 e. The molecule has 2 aliphatic rings. The van der Waals surface area contributed by atoms with Crippen molar-refractivity contribution >= 4 is 0 Å². The molecule has 33 heavy (non-hydrogen) atoms. The maximum Gasteiger partial charge on any atom is 0.343 e. The predicted molar refractivity (Wildman–Crippen MR) is 124 cm³/mol. The van der Waals surface area contributed by atoms with Gasteiger partial charge < -0.3 is 14.3 Å². The van der Waals surface area contributed by atoms with E-state index >= 15 is 0 Å². The van der Waals surface area contributed by atoms with Crippen LogP contribution in [0.5, 0.6) is 11.5 Å². The quantitative estimate of drug-likeness (QED) is 0.651. The second-order valence-electron chi connectivity index (χ2n) is 8.99. The van der Waals surface area contributed by atoms with Crippen molar-refractivity contribution in [1.29, 1.82) is 0 Å². The molecule has 0 bridgehead atoms. The Hall–Kier alpha value is -2.42. The Balaban J connectivity index is 1.26. The van der Waals surface area contributed by atoms with Crippen LogP contribution >= 0.6 is 0 Å². The van der Waals surface area contributed by atoms with Gasteiger partial charge in [0.2, 0.25) is 0 Å². The van der Waals surface area contributed by atoms with E-state index < -0.39 is 5.63 Å². The molecule has 0 atom stereocenters. The van der Waals surface area contributed by atoms with Crippen molar-refractivity contribution in [3.05, 3.63) is 57.9 Å². The number of benzene rings is 1. The normalized spacial score (nSPS) is 18.8. The number of piperazine rings is 1. The second-order valence-corrected chi connectivity index (χ2v) is 8.99. The van der Waals surface area contributed by atoms with Crippen LogP contribution in [-0.2, 0) is 13.1 Å². The van der Waals surface area contributed by atoms with Crippen molar-refractivity contribution in [3.63, 3.8) is 0 Å². The third kappa shape index (κ3) is 6.79. The number of aromatic hydroxyl groups is 1. The summed E-state index contributed by atoms with van der Waals surface area (Å²) < 4.78 is 24.0. The second kappa shape index (κ2) is 11.6.